The van der Waals surface area contributed by atoms with E-state index < -0.39 is 5.91 Å². The van der Waals surface area contributed by atoms with Gasteiger partial charge in [-0.1, -0.05) is 13.8 Å². The van der Waals surface area contributed by atoms with Crippen LogP contribution in [-0.2, 0) is 12.8 Å². The molecule has 9 heteroatoms. The minimum Gasteiger partial charge on any atom is -0.492 e. The van der Waals surface area contributed by atoms with Crippen LogP contribution in [0.1, 0.15) is 64.3 Å². The molecule has 31 heavy (non-hydrogen) atoms. The van der Waals surface area contributed by atoms with E-state index in [4.69, 9.17) is 22.7 Å². The van der Waals surface area contributed by atoms with Gasteiger partial charge < -0.3 is 15.8 Å². The molecular weight excluding hydrogens is 498 g/mol. The van der Waals surface area contributed by atoms with Crippen LogP contribution in [0.5, 0.6) is 5.75 Å². The molecule has 0 unspecified atom stereocenters. The summed E-state index contributed by atoms with van der Waals surface area (Å²) in [6, 6.07) is 5.14. The van der Waals surface area contributed by atoms with Crippen molar-refractivity contribution in [3.05, 3.63) is 44.2 Å². The highest BCUT2D eigenvalue weighted by Gasteiger charge is 2.24. The zero-order valence-corrected chi connectivity index (χ0v) is 20.8. The van der Waals surface area contributed by atoms with Gasteiger partial charge in [0.1, 0.15) is 10.8 Å². The second-order valence-corrected chi connectivity index (χ2v) is 10.2. The van der Waals surface area contributed by atoms with E-state index in [1.54, 1.807) is 18.2 Å². The average molecular weight is 525 g/mol. The SMILES string of the molecule is CC(C)CCOc1ccc(C(=O)NC(=S)Nc2sc3c(c2C(N)=O)CCCC3)cc1Br. The monoisotopic (exact) mass is 523 g/mol. The number of halogens is 1. The van der Waals surface area contributed by atoms with E-state index in [1.165, 1.54) is 11.3 Å². The van der Waals surface area contributed by atoms with Gasteiger partial charge in [-0.2, -0.15) is 0 Å². The molecule has 2 amide bonds. The molecule has 0 spiro atoms. The fourth-order valence-electron chi connectivity index (χ4n) is 3.39. The van der Waals surface area contributed by atoms with Gasteiger partial charge in [-0.25, -0.2) is 0 Å². The maximum absolute atomic E-state index is 12.6. The molecule has 1 aliphatic carbocycles. The lowest BCUT2D eigenvalue weighted by molar-refractivity contribution is 0.0975. The average Bonchev–Trinajstić information content (AvgIpc) is 3.06. The molecule has 0 atom stereocenters. The number of fused-ring (bicyclic) bond motifs is 1. The Hall–Kier alpha value is -1.97. The first kappa shape index (κ1) is 23.7. The van der Waals surface area contributed by atoms with Gasteiger partial charge in [0.2, 0.25) is 0 Å². The van der Waals surface area contributed by atoms with Crippen LogP contribution in [0.3, 0.4) is 0 Å². The molecule has 0 radical (unpaired) electrons. The number of nitrogens with two attached hydrogens (primary N) is 1. The van der Waals surface area contributed by atoms with Crippen molar-refractivity contribution in [3.8, 4) is 5.75 Å². The van der Waals surface area contributed by atoms with Crippen LogP contribution < -0.4 is 21.1 Å². The molecule has 0 aliphatic heterocycles. The molecule has 6 nitrogen and oxygen atoms in total. The smallest absolute Gasteiger partial charge is 0.257 e. The van der Waals surface area contributed by atoms with Crippen molar-refractivity contribution in [2.45, 2.75) is 46.0 Å². The summed E-state index contributed by atoms with van der Waals surface area (Å²) >= 11 is 10.3. The normalized spacial score (nSPS) is 12.9. The molecular formula is C22H26BrN3O3S2. The van der Waals surface area contributed by atoms with Crippen molar-refractivity contribution < 1.29 is 14.3 Å². The Morgan fingerprint density at radius 1 is 1.29 bits per heavy atom. The van der Waals surface area contributed by atoms with Crippen LogP contribution in [0.4, 0.5) is 5.00 Å². The topological polar surface area (TPSA) is 93.4 Å². The summed E-state index contributed by atoms with van der Waals surface area (Å²) in [7, 11) is 0. The van der Waals surface area contributed by atoms with Gasteiger partial charge in [-0.3, -0.25) is 14.9 Å². The minimum atomic E-state index is -0.479. The summed E-state index contributed by atoms with van der Waals surface area (Å²) in [5.74, 6) is 0.413. The van der Waals surface area contributed by atoms with Gasteiger partial charge in [-0.15, -0.1) is 11.3 Å². The number of hydrogen-bond donors (Lipinski definition) is 3. The van der Waals surface area contributed by atoms with Crippen LogP contribution in [-0.4, -0.2) is 23.5 Å². The number of anilines is 1. The second kappa shape index (κ2) is 10.6. The maximum Gasteiger partial charge on any atom is 0.257 e. The van der Waals surface area contributed by atoms with Crippen LogP contribution in [0.25, 0.3) is 0 Å². The first-order valence-electron chi connectivity index (χ1n) is 10.2. The predicted molar refractivity (Wildman–Crippen MR) is 132 cm³/mol. The number of rotatable bonds is 7. The summed E-state index contributed by atoms with van der Waals surface area (Å²) in [6.07, 6.45) is 4.86. The van der Waals surface area contributed by atoms with Crippen molar-refractivity contribution in [2.75, 3.05) is 11.9 Å². The third kappa shape index (κ3) is 6.05. The highest BCUT2D eigenvalue weighted by molar-refractivity contribution is 9.10. The molecule has 3 rings (SSSR count). The molecule has 1 aliphatic rings. The first-order chi connectivity index (χ1) is 14.8. The summed E-state index contributed by atoms with van der Waals surface area (Å²) in [4.78, 5) is 25.8. The summed E-state index contributed by atoms with van der Waals surface area (Å²) < 4.78 is 6.46. The molecule has 1 aromatic heterocycles. The highest BCUT2D eigenvalue weighted by atomic mass is 79.9. The van der Waals surface area contributed by atoms with E-state index in [0.29, 0.717) is 38.9 Å². The zero-order chi connectivity index (χ0) is 22.5. The number of amides is 2. The number of hydrogen-bond acceptors (Lipinski definition) is 5. The Morgan fingerprint density at radius 2 is 2.03 bits per heavy atom. The molecule has 0 fully saturated rings. The van der Waals surface area contributed by atoms with Crippen LogP contribution >= 0.6 is 39.5 Å². The van der Waals surface area contributed by atoms with Crippen molar-refractivity contribution >= 4 is 61.4 Å². The molecule has 0 saturated heterocycles. The largest absolute Gasteiger partial charge is 0.492 e. The van der Waals surface area contributed by atoms with Gasteiger partial charge in [0.25, 0.3) is 11.8 Å². The number of nitrogens with one attached hydrogen (secondary N) is 2. The Morgan fingerprint density at radius 3 is 2.71 bits per heavy atom. The number of aryl methyl sites for hydroxylation is 1. The van der Waals surface area contributed by atoms with E-state index in [-0.39, 0.29) is 11.0 Å². The number of carbonyl (C=O) groups is 2. The van der Waals surface area contributed by atoms with Gasteiger partial charge >= 0.3 is 0 Å². The second-order valence-electron chi connectivity index (χ2n) is 7.86. The van der Waals surface area contributed by atoms with E-state index in [9.17, 15) is 9.59 Å². The fourth-order valence-corrected chi connectivity index (χ4v) is 5.44. The van der Waals surface area contributed by atoms with Gasteiger partial charge in [0.15, 0.2) is 5.11 Å². The Balaban J connectivity index is 1.65. The van der Waals surface area contributed by atoms with Crippen LogP contribution in [0, 0.1) is 5.92 Å². The Kier molecular flexibility index (Phi) is 8.07. The molecule has 0 saturated carbocycles. The molecule has 4 N–H and O–H groups in total. The summed E-state index contributed by atoms with van der Waals surface area (Å²) in [5, 5.41) is 6.39. The van der Waals surface area contributed by atoms with E-state index >= 15 is 0 Å². The van der Waals surface area contributed by atoms with Crippen LogP contribution in [0.2, 0.25) is 0 Å². The third-order valence-corrected chi connectivity index (χ3v) is 7.05. The van der Waals surface area contributed by atoms with Gasteiger partial charge in [-0.05, 0) is 89.9 Å². The lowest BCUT2D eigenvalue weighted by atomic mass is 9.95. The number of thiophene rings is 1. The molecule has 2 aromatic rings. The zero-order valence-electron chi connectivity index (χ0n) is 17.5. The molecule has 1 aromatic carbocycles. The lowest BCUT2D eigenvalue weighted by Crippen LogP contribution is -2.34. The predicted octanol–water partition coefficient (Wildman–Crippen LogP) is 5.04. The Bertz CT molecular complexity index is 1000. The van der Waals surface area contributed by atoms with Crippen molar-refractivity contribution in [1.82, 2.24) is 5.32 Å². The van der Waals surface area contributed by atoms with E-state index in [2.05, 4.69) is 40.4 Å². The van der Waals surface area contributed by atoms with Crippen molar-refractivity contribution in [3.63, 3.8) is 0 Å². The lowest BCUT2D eigenvalue weighted by Gasteiger charge is -2.12. The highest BCUT2D eigenvalue weighted by Crippen LogP contribution is 2.37. The molecule has 166 valence electrons. The van der Waals surface area contributed by atoms with Gasteiger partial charge in [0.05, 0.1) is 16.6 Å². The van der Waals surface area contributed by atoms with Crippen molar-refractivity contribution in [2.24, 2.45) is 11.7 Å². The summed E-state index contributed by atoms with van der Waals surface area (Å²) in [5.41, 5.74) is 7.55. The number of benzene rings is 1. The van der Waals surface area contributed by atoms with E-state index in [0.717, 1.165) is 42.5 Å². The first-order valence-corrected chi connectivity index (χ1v) is 12.3. The van der Waals surface area contributed by atoms with E-state index in [1.807, 2.05) is 0 Å². The summed E-state index contributed by atoms with van der Waals surface area (Å²) in [6.45, 7) is 4.89. The number of carbonyl (C=O) groups excluding carboxylic acids is 2. The molecule has 0 bridgehead atoms. The number of thiocarbonyl (C=S) groups is 1. The fraction of sp³-hybridized carbons (Fsp3) is 0.409. The quantitative estimate of drug-likeness (QED) is 0.442. The van der Waals surface area contributed by atoms with Gasteiger partial charge in [0, 0.05) is 10.4 Å². The maximum atomic E-state index is 12.6. The Labute approximate surface area is 200 Å². The molecule has 1 heterocycles. The van der Waals surface area contributed by atoms with Crippen LogP contribution in [0.15, 0.2) is 22.7 Å². The minimum absolute atomic E-state index is 0.125. The number of primary amides is 1. The van der Waals surface area contributed by atoms with Crippen molar-refractivity contribution in [1.29, 1.82) is 0 Å². The third-order valence-electron chi connectivity index (χ3n) is 5.02. The standard InChI is InChI=1S/C22H26BrN3O3S2/c1-12(2)9-10-29-16-8-7-13(11-15(16)23)20(28)25-22(30)26-21-18(19(24)27)14-5-3-4-6-17(14)31-21/h7-8,11-12H,3-6,9-10H2,1-2H3,(H2,24,27)(H2,25,26,28,30). The number of ether oxygens (including phenoxy) is 1.